The van der Waals surface area contributed by atoms with Crippen molar-refractivity contribution < 1.29 is 4.39 Å². The Labute approximate surface area is 131 Å². The molecule has 1 saturated heterocycles. The van der Waals surface area contributed by atoms with Crippen LogP contribution in [-0.2, 0) is 6.54 Å². The van der Waals surface area contributed by atoms with E-state index < -0.39 is 0 Å². The number of benzene rings is 1. The third-order valence-electron chi connectivity index (χ3n) is 3.87. The summed E-state index contributed by atoms with van der Waals surface area (Å²) in [6.45, 7) is 4.27. The molecule has 3 rings (SSSR count). The van der Waals surface area contributed by atoms with E-state index in [0.29, 0.717) is 9.52 Å². The third kappa shape index (κ3) is 2.76. The van der Waals surface area contributed by atoms with E-state index in [9.17, 15) is 4.39 Å². The molecule has 108 valence electrons. The van der Waals surface area contributed by atoms with Gasteiger partial charge in [0, 0.05) is 12.6 Å². The molecule has 2 aromatic rings. The molecule has 0 atom stereocenters. The highest BCUT2D eigenvalue weighted by Gasteiger charge is 2.13. The fraction of sp³-hybridized carbons (Fsp3) is 0.500. The highest BCUT2D eigenvalue weighted by atomic mass is 127. The number of rotatable bonds is 4. The molecule has 20 heavy (non-hydrogen) atoms. The van der Waals surface area contributed by atoms with Gasteiger partial charge < -0.3 is 15.2 Å². The topological polar surface area (TPSA) is 47.1 Å². The first kappa shape index (κ1) is 14.1. The van der Waals surface area contributed by atoms with Crippen LogP contribution in [-0.4, -0.2) is 34.1 Å². The molecule has 1 aliphatic heterocycles. The molecule has 0 radical (unpaired) electrons. The Balaban J connectivity index is 1.76. The van der Waals surface area contributed by atoms with Crippen molar-refractivity contribution in [2.75, 3.05) is 25.4 Å². The molecule has 1 aromatic heterocycles. The van der Waals surface area contributed by atoms with E-state index in [1.165, 1.54) is 32.0 Å². The molecule has 6 heteroatoms. The van der Waals surface area contributed by atoms with Crippen molar-refractivity contribution in [3.8, 4) is 0 Å². The van der Waals surface area contributed by atoms with Gasteiger partial charge in [-0.05, 0) is 67.6 Å². The standard InChI is InChI=1S/C14H18FIN4/c15-10-8-13-12(9-11(10)16)18-14(17)20(13)7-3-6-19-4-1-2-5-19/h8-9H,1-7H2,(H2,17,18). The monoisotopic (exact) mass is 388 g/mol. The molecule has 1 aromatic carbocycles. The van der Waals surface area contributed by atoms with E-state index in [1.54, 1.807) is 6.07 Å². The van der Waals surface area contributed by atoms with E-state index >= 15 is 0 Å². The van der Waals surface area contributed by atoms with Crippen LogP contribution in [0.5, 0.6) is 0 Å². The lowest BCUT2D eigenvalue weighted by Crippen LogP contribution is -2.21. The van der Waals surface area contributed by atoms with E-state index in [1.807, 2.05) is 27.2 Å². The molecule has 1 aliphatic rings. The van der Waals surface area contributed by atoms with Gasteiger partial charge in [0.05, 0.1) is 14.6 Å². The second-order valence-corrected chi connectivity index (χ2v) is 6.44. The molecule has 0 unspecified atom stereocenters. The smallest absolute Gasteiger partial charge is 0.201 e. The molecular formula is C14H18FIN4. The summed E-state index contributed by atoms with van der Waals surface area (Å²) in [7, 11) is 0. The molecular weight excluding hydrogens is 370 g/mol. The summed E-state index contributed by atoms with van der Waals surface area (Å²) in [6.07, 6.45) is 3.63. The Bertz CT molecular complexity index is 619. The van der Waals surface area contributed by atoms with E-state index in [0.717, 1.165) is 30.5 Å². The Morgan fingerprint density at radius 2 is 2.00 bits per heavy atom. The lowest BCUT2D eigenvalue weighted by Gasteiger charge is -2.14. The quantitative estimate of drug-likeness (QED) is 0.820. The van der Waals surface area contributed by atoms with E-state index in [-0.39, 0.29) is 5.82 Å². The molecule has 0 bridgehead atoms. The number of fused-ring (bicyclic) bond motifs is 1. The van der Waals surface area contributed by atoms with Crippen molar-refractivity contribution in [1.82, 2.24) is 14.5 Å². The van der Waals surface area contributed by atoms with Crippen LogP contribution in [0.3, 0.4) is 0 Å². The Hall–Kier alpha value is -0.890. The Kier molecular flexibility index (Phi) is 4.11. The lowest BCUT2D eigenvalue weighted by molar-refractivity contribution is 0.326. The Morgan fingerprint density at radius 3 is 2.75 bits per heavy atom. The number of hydrogen-bond donors (Lipinski definition) is 1. The molecule has 2 N–H and O–H groups in total. The van der Waals surface area contributed by atoms with Crippen LogP contribution in [0.25, 0.3) is 11.0 Å². The first-order chi connectivity index (χ1) is 9.65. The first-order valence-electron chi connectivity index (χ1n) is 6.98. The number of halogens is 2. The number of likely N-dealkylation sites (tertiary alicyclic amines) is 1. The summed E-state index contributed by atoms with van der Waals surface area (Å²) in [5, 5.41) is 0. The summed E-state index contributed by atoms with van der Waals surface area (Å²) < 4.78 is 16.2. The maximum absolute atomic E-state index is 13.7. The number of nitrogens with zero attached hydrogens (tertiary/aromatic N) is 3. The zero-order chi connectivity index (χ0) is 14.1. The number of hydrogen-bond acceptors (Lipinski definition) is 3. The van der Waals surface area contributed by atoms with Gasteiger partial charge in [0.1, 0.15) is 5.82 Å². The van der Waals surface area contributed by atoms with Crippen LogP contribution in [0.4, 0.5) is 10.3 Å². The van der Waals surface area contributed by atoms with Gasteiger partial charge in [0.15, 0.2) is 0 Å². The first-order valence-corrected chi connectivity index (χ1v) is 8.06. The minimum atomic E-state index is -0.209. The van der Waals surface area contributed by atoms with Crippen molar-refractivity contribution in [3.05, 3.63) is 21.5 Å². The van der Waals surface area contributed by atoms with Gasteiger partial charge in [-0.2, -0.15) is 0 Å². The van der Waals surface area contributed by atoms with E-state index in [2.05, 4.69) is 9.88 Å². The summed E-state index contributed by atoms with van der Waals surface area (Å²) in [6, 6.07) is 3.29. The maximum Gasteiger partial charge on any atom is 0.201 e. The number of aromatic nitrogens is 2. The number of aryl methyl sites for hydroxylation is 1. The van der Waals surface area contributed by atoms with Gasteiger partial charge >= 0.3 is 0 Å². The van der Waals surface area contributed by atoms with Crippen LogP contribution in [0.15, 0.2) is 12.1 Å². The second-order valence-electron chi connectivity index (χ2n) is 5.28. The average Bonchev–Trinajstić information content (AvgIpc) is 3.01. The molecule has 0 aliphatic carbocycles. The normalized spacial score (nSPS) is 16.3. The van der Waals surface area contributed by atoms with Gasteiger partial charge in [-0.25, -0.2) is 9.37 Å². The fourth-order valence-electron chi connectivity index (χ4n) is 2.83. The van der Waals surface area contributed by atoms with Crippen molar-refractivity contribution in [2.45, 2.75) is 25.8 Å². The van der Waals surface area contributed by atoms with Crippen molar-refractivity contribution in [1.29, 1.82) is 0 Å². The third-order valence-corrected chi connectivity index (χ3v) is 4.70. The largest absolute Gasteiger partial charge is 0.369 e. The van der Waals surface area contributed by atoms with Crippen LogP contribution >= 0.6 is 22.6 Å². The van der Waals surface area contributed by atoms with Crippen molar-refractivity contribution >= 4 is 39.6 Å². The molecule has 0 spiro atoms. The Morgan fingerprint density at radius 1 is 1.25 bits per heavy atom. The predicted molar refractivity (Wildman–Crippen MR) is 87.1 cm³/mol. The SMILES string of the molecule is Nc1nc2cc(I)c(F)cc2n1CCCN1CCCC1. The minimum Gasteiger partial charge on any atom is -0.369 e. The minimum absolute atomic E-state index is 0.209. The summed E-state index contributed by atoms with van der Waals surface area (Å²) in [5.41, 5.74) is 7.53. The van der Waals surface area contributed by atoms with E-state index in [4.69, 9.17) is 5.73 Å². The van der Waals surface area contributed by atoms with Crippen LogP contribution in [0.1, 0.15) is 19.3 Å². The zero-order valence-electron chi connectivity index (χ0n) is 11.3. The number of nitrogen functional groups attached to an aromatic ring is 1. The van der Waals surface area contributed by atoms with Gasteiger partial charge in [-0.1, -0.05) is 0 Å². The van der Waals surface area contributed by atoms with Gasteiger partial charge in [-0.15, -0.1) is 0 Å². The molecule has 0 saturated carbocycles. The number of imidazole rings is 1. The number of anilines is 1. The highest BCUT2D eigenvalue weighted by Crippen LogP contribution is 2.23. The summed E-state index contributed by atoms with van der Waals surface area (Å²) in [4.78, 5) is 6.79. The van der Waals surface area contributed by atoms with Gasteiger partial charge in [0.2, 0.25) is 5.95 Å². The molecule has 2 heterocycles. The second kappa shape index (κ2) is 5.85. The zero-order valence-corrected chi connectivity index (χ0v) is 13.4. The molecule has 4 nitrogen and oxygen atoms in total. The molecule has 1 fully saturated rings. The fourth-order valence-corrected chi connectivity index (χ4v) is 3.28. The maximum atomic E-state index is 13.7. The highest BCUT2D eigenvalue weighted by molar-refractivity contribution is 14.1. The summed E-state index contributed by atoms with van der Waals surface area (Å²) in [5.74, 6) is 0.265. The van der Waals surface area contributed by atoms with Crippen LogP contribution in [0.2, 0.25) is 0 Å². The van der Waals surface area contributed by atoms with Crippen molar-refractivity contribution in [2.24, 2.45) is 0 Å². The average molecular weight is 388 g/mol. The summed E-state index contributed by atoms with van der Waals surface area (Å²) >= 11 is 1.98. The predicted octanol–water partition coefficient (Wildman–Crippen LogP) is 2.85. The van der Waals surface area contributed by atoms with Crippen LogP contribution < -0.4 is 5.73 Å². The van der Waals surface area contributed by atoms with Gasteiger partial charge in [0.25, 0.3) is 0 Å². The number of nitrogens with two attached hydrogens (primary N) is 1. The molecule has 0 amide bonds. The van der Waals surface area contributed by atoms with Gasteiger partial charge in [-0.3, -0.25) is 0 Å². The lowest BCUT2D eigenvalue weighted by atomic mass is 10.3. The van der Waals surface area contributed by atoms with Crippen molar-refractivity contribution in [3.63, 3.8) is 0 Å². The van der Waals surface area contributed by atoms with Crippen LogP contribution in [0, 0.1) is 9.39 Å².